The van der Waals surface area contributed by atoms with Gasteiger partial charge in [-0.25, -0.2) is 4.57 Å². The Bertz CT molecular complexity index is 865. The molecule has 0 bridgehead atoms. The van der Waals surface area contributed by atoms with Crippen molar-refractivity contribution in [3.8, 4) is 0 Å². The first kappa shape index (κ1) is 58.5. The van der Waals surface area contributed by atoms with Crippen molar-refractivity contribution in [2.45, 2.75) is 302 Å². The molecule has 8 heteroatoms. The van der Waals surface area contributed by atoms with Crippen molar-refractivity contribution in [2.24, 2.45) is 0 Å². The Balaban J connectivity index is 3.64. The van der Waals surface area contributed by atoms with Gasteiger partial charge < -0.3 is 19.3 Å². The normalized spacial score (nSPS) is 12.4. The summed E-state index contributed by atoms with van der Waals surface area (Å²) in [6.07, 6.45) is 57.0. The van der Waals surface area contributed by atoms with Crippen LogP contribution in [0.3, 0.4) is 0 Å². The van der Waals surface area contributed by atoms with Crippen molar-refractivity contribution in [2.75, 3.05) is 19.8 Å². The molecule has 1 atom stereocenters. The number of phosphoric acid groups is 1. The molecule has 0 unspecified atom stereocenters. The zero-order valence-corrected chi connectivity index (χ0v) is 40.6. The molecule has 0 fully saturated rings. The van der Waals surface area contributed by atoms with Gasteiger partial charge in [-0.05, 0) is 12.8 Å². The van der Waals surface area contributed by atoms with Crippen molar-refractivity contribution in [1.82, 2.24) is 0 Å². The van der Waals surface area contributed by atoms with Crippen LogP contribution in [0.5, 0.6) is 0 Å². The van der Waals surface area contributed by atoms with Crippen LogP contribution in [0.1, 0.15) is 296 Å². The molecular weight excluding hydrogens is 756 g/mol. The van der Waals surface area contributed by atoms with Gasteiger partial charge in [-0.15, -0.1) is 0 Å². The first-order chi connectivity index (χ1) is 28.9. The molecule has 0 aliphatic heterocycles. The number of ether oxygens (including phenoxy) is 2. The summed E-state index contributed by atoms with van der Waals surface area (Å²) < 4.78 is 27.2. The predicted octanol–water partition coefficient (Wildman–Crippen LogP) is 17.2. The summed E-state index contributed by atoms with van der Waals surface area (Å²) in [5, 5.41) is 0. The van der Waals surface area contributed by atoms with Crippen LogP contribution in [-0.4, -0.2) is 41.7 Å². The van der Waals surface area contributed by atoms with Gasteiger partial charge in [0.15, 0.2) is 0 Å². The zero-order valence-electron chi connectivity index (χ0n) is 39.7. The number of unbranched alkanes of at least 4 members (excludes halogenated alkanes) is 41. The number of hydrogen-bond acceptors (Lipinski definition) is 5. The maximum Gasteiger partial charge on any atom is 0.469 e. The predicted molar refractivity (Wildman–Crippen MR) is 253 cm³/mol. The standard InChI is InChI=1S/C51H103O7P/c1-3-5-7-9-11-13-15-17-19-21-23-25-26-27-28-30-32-34-36-38-40-42-44-46-51(52)58-50(49-57-59(53,54)55)48-56-47-45-43-41-39-37-35-33-31-29-24-22-20-18-16-14-12-10-8-6-4-2/h50H,3-49H2,1-2H3,(H2,53,54,55)/t50-/m1/s1. The lowest BCUT2D eigenvalue weighted by molar-refractivity contribution is -0.154. The Labute approximate surface area is 368 Å². The SMILES string of the molecule is CCCCCCCCCCCCCCCCCCCCCCCCCC(=O)O[C@H](COCCCCCCCCCCCCCCCCCCCCCC)COP(=O)(O)O. The summed E-state index contributed by atoms with van der Waals surface area (Å²) in [5.41, 5.74) is 0. The van der Waals surface area contributed by atoms with E-state index in [1.165, 1.54) is 244 Å². The summed E-state index contributed by atoms with van der Waals surface area (Å²) in [7, 11) is -4.65. The van der Waals surface area contributed by atoms with Crippen molar-refractivity contribution in [3.05, 3.63) is 0 Å². The van der Waals surface area contributed by atoms with Gasteiger partial charge >= 0.3 is 13.8 Å². The lowest BCUT2D eigenvalue weighted by Crippen LogP contribution is -2.28. The minimum absolute atomic E-state index is 0.0876. The molecular formula is C51H103O7P. The van der Waals surface area contributed by atoms with Crippen LogP contribution in [0, 0.1) is 0 Å². The Morgan fingerprint density at radius 1 is 0.390 bits per heavy atom. The van der Waals surface area contributed by atoms with E-state index in [0.29, 0.717) is 13.0 Å². The quantitative estimate of drug-likeness (QED) is 0.0357. The lowest BCUT2D eigenvalue weighted by atomic mass is 10.0. The average molecular weight is 859 g/mol. The van der Waals surface area contributed by atoms with Crippen LogP contribution in [-0.2, 0) is 23.4 Å². The van der Waals surface area contributed by atoms with E-state index in [0.717, 1.165) is 32.1 Å². The summed E-state index contributed by atoms with van der Waals surface area (Å²) in [6, 6.07) is 0. The Kier molecular flexibility index (Phi) is 48.2. The summed E-state index contributed by atoms with van der Waals surface area (Å²) >= 11 is 0. The van der Waals surface area contributed by atoms with Crippen molar-refractivity contribution < 1.29 is 33.1 Å². The molecule has 0 aliphatic rings. The Morgan fingerprint density at radius 3 is 0.915 bits per heavy atom. The van der Waals surface area contributed by atoms with E-state index in [1.807, 2.05) is 0 Å². The third-order valence-corrected chi connectivity index (χ3v) is 12.6. The zero-order chi connectivity index (χ0) is 43.0. The highest BCUT2D eigenvalue weighted by atomic mass is 31.2. The molecule has 0 aromatic heterocycles. The van der Waals surface area contributed by atoms with Gasteiger partial charge in [-0.1, -0.05) is 277 Å². The van der Waals surface area contributed by atoms with Gasteiger partial charge in [0.05, 0.1) is 13.2 Å². The maximum atomic E-state index is 12.5. The van der Waals surface area contributed by atoms with Crippen molar-refractivity contribution in [3.63, 3.8) is 0 Å². The summed E-state index contributed by atoms with van der Waals surface area (Å²) in [4.78, 5) is 30.8. The van der Waals surface area contributed by atoms with Crippen LogP contribution >= 0.6 is 7.82 Å². The molecule has 0 rings (SSSR count). The third-order valence-electron chi connectivity index (χ3n) is 12.2. The molecule has 59 heavy (non-hydrogen) atoms. The molecule has 0 saturated heterocycles. The van der Waals surface area contributed by atoms with E-state index in [4.69, 9.17) is 19.3 Å². The fraction of sp³-hybridized carbons (Fsp3) is 0.980. The first-order valence-corrected chi connectivity index (χ1v) is 27.9. The van der Waals surface area contributed by atoms with Gasteiger partial charge in [-0.3, -0.25) is 9.32 Å². The van der Waals surface area contributed by atoms with Crippen LogP contribution in [0.25, 0.3) is 0 Å². The Hall–Kier alpha value is -0.460. The highest BCUT2D eigenvalue weighted by Gasteiger charge is 2.21. The fourth-order valence-corrected chi connectivity index (χ4v) is 8.63. The fourth-order valence-electron chi connectivity index (χ4n) is 8.27. The average Bonchev–Trinajstić information content (AvgIpc) is 3.21. The highest BCUT2D eigenvalue weighted by molar-refractivity contribution is 7.46. The van der Waals surface area contributed by atoms with Crippen LogP contribution in [0.15, 0.2) is 0 Å². The smallest absolute Gasteiger partial charge is 0.457 e. The number of phosphoric ester groups is 1. The van der Waals surface area contributed by atoms with Crippen molar-refractivity contribution >= 4 is 13.8 Å². The summed E-state index contributed by atoms with van der Waals surface area (Å²) in [6.45, 7) is 4.84. The minimum atomic E-state index is -4.65. The number of esters is 1. The lowest BCUT2D eigenvalue weighted by Gasteiger charge is -2.18. The molecule has 0 aliphatic carbocycles. The molecule has 354 valence electrons. The topological polar surface area (TPSA) is 102 Å². The highest BCUT2D eigenvalue weighted by Crippen LogP contribution is 2.36. The van der Waals surface area contributed by atoms with Crippen LogP contribution in [0.4, 0.5) is 0 Å². The first-order valence-electron chi connectivity index (χ1n) is 26.4. The minimum Gasteiger partial charge on any atom is -0.457 e. The molecule has 2 N–H and O–H groups in total. The van der Waals surface area contributed by atoms with Crippen LogP contribution in [0.2, 0.25) is 0 Å². The molecule has 0 spiro atoms. The van der Waals surface area contributed by atoms with E-state index in [-0.39, 0.29) is 19.2 Å². The van der Waals surface area contributed by atoms with E-state index >= 15 is 0 Å². The van der Waals surface area contributed by atoms with Gasteiger partial charge in [0.2, 0.25) is 0 Å². The molecule has 0 amide bonds. The van der Waals surface area contributed by atoms with Gasteiger partial charge in [0, 0.05) is 13.0 Å². The van der Waals surface area contributed by atoms with Crippen LogP contribution < -0.4 is 0 Å². The molecule has 0 radical (unpaired) electrons. The number of carbonyl (C=O) groups is 1. The number of hydrogen-bond donors (Lipinski definition) is 2. The van der Waals surface area contributed by atoms with Crippen molar-refractivity contribution in [1.29, 1.82) is 0 Å². The van der Waals surface area contributed by atoms with E-state index in [2.05, 4.69) is 18.4 Å². The second kappa shape index (κ2) is 48.6. The van der Waals surface area contributed by atoms with Gasteiger partial charge in [-0.2, -0.15) is 0 Å². The molecule has 0 aromatic carbocycles. The Morgan fingerprint density at radius 2 is 0.644 bits per heavy atom. The third kappa shape index (κ3) is 51.8. The second-order valence-corrected chi connectivity index (χ2v) is 19.5. The van der Waals surface area contributed by atoms with E-state index < -0.39 is 13.9 Å². The number of carbonyl (C=O) groups excluding carboxylic acids is 1. The molecule has 7 nitrogen and oxygen atoms in total. The van der Waals surface area contributed by atoms with E-state index in [9.17, 15) is 9.36 Å². The monoisotopic (exact) mass is 859 g/mol. The summed E-state index contributed by atoms with van der Waals surface area (Å²) in [5.74, 6) is -0.352. The largest absolute Gasteiger partial charge is 0.469 e. The number of rotatable bonds is 51. The van der Waals surface area contributed by atoms with Gasteiger partial charge in [0.25, 0.3) is 0 Å². The molecule has 0 aromatic rings. The molecule has 0 saturated carbocycles. The van der Waals surface area contributed by atoms with Gasteiger partial charge in [0.1, 0.15) is 6.10 Å². The molecule has 0 heterocycles. The second-order valence-electron chi connectivity index (χ2n) is 18.2. The maximum absolute atomic E-state index is 12.5. The van der Waals surface area contributed by atoms with E-state index in [1.54, 1.807) is 0 Å².